The second-order valence-electron chi connectivity index (χ2n) is 14.5. The van der Waals surface area contributed by atoms with E-state index in [4.69, 9.17) is 9.47 Å². The van der Waals surface area contributed by atoms with Crippen molar-refractivity contribution in [1.82, 2.24) is 25.3 Å². The molecule has 15 nitrogen and oxygen atoms in total. The summed E-state index contributed by atoms with van der Waals surface area (Å²) in [5.41, 5.74) is 1.43. The van der Waals surface area contributed by atoms with Crippen LogP contribution in [0.25, 0.3) is 0 Å². The standard InChI is InChI=1S/C41H49N5O10/c1-22-18-33(48)30(19-25-8-13-28(55-7)14-9-25)44(4)40(53)24(3)43-37(50)23(2)42-38(51)31-20-26-10-17-32(47)34(21-26)56-29-15-11-27(12-16-29)36(49)35(41(54)45(31)5)46(6)39(22)52/h8-17,21-24,30-31,35-36,47,49H,18-20H2,1-7H3,(H,42,51)(H,43,50)/t22-,23-,24+,30-,31-,35-,36+/m0/s1. The van der Waals surface area contributed by atoms with E-state index in [2.05, 4.69) is 10.6 Å². The number of hydrogen-bond acceptors (Lipinski definition) is 10. The van der Waals surface area contributed by atoms with Crippen molar-refractivity contribution in [2.75, 3.05) is 28.3 Å². The lowest BCUT2D eigenvalue weighted by Gasteiger charge is -2.38. The summed E-state index contributed by atoms with van der Waals surface area (Å²) in [5, 5.41) is 27.7. The minimum Gasteiger partial charge on any atom is -0.504 e. The molecular weight excluding hydrogens is 722 g/mol. The van der Waals surface area contributed by atoms with Gasteiger partial charge in [-0.15, -0.1) is 0 Å². The number of phenolic OH excluding ortho intramolecular Hbond substituents is 1. The maximum absolute atomic E-state index is 14.7. The number of aliphatic hydroxyl groups is 1. The lowest BCUT2D eigenvalue weighted by atomic mass is 9.92. The molecule has 0 aliphatic carbocycles. The summed E-state index contributed by atoms with van der Waals surface area (Å²) < 4.78 is 11.2. The number of nitrogens with one attached hydrogen (secondary N) is 2. The number of ether oxygens (including phenoxy) is 2. The van der Waals surface area contributed by atoms with Gasteiger partial charge in [-0.2, -0.15) is 0 Å². The highest BCUT2D eigenvalue weighted by molar-refractivity contribution is 5.98. The Balaban J connectivity index is 1.60. The van der Waals surface area contributed by atoms with Gasteiger partial charge in [0.15, 0.2) is 17.3 Å². The molecule has 0 saturated carbocycles. The number of ketones is 1. The van der Waals surface area contributed by atoms with E-state index in [9.17, 15) is 39.0 Å². The fourth-order valence-corrected chi connectivity index (χ4v) is 7.01. The topological polar surface area (TPSA) is 195 Å². The molecule has 56 heavy (non-hydrogen) atoms. The Morgan fingerprint density at radius 3 is 2.04 bits per heavy atom. The van der Waals surface area contributed by atoms with Crippen LogP contribution < -0.4 is 20.1 Å². The quantitative estimate of drug-likeness (QED) is 0.307. The van der Waals surface area contributed by atoms with Gasteiger partial charge in [-0.1, -0.05) is 37.3 Å². The third-order valence-electron chi connectivity index (χ3n) is 10.5. The maximum Gasteiger partial charge on any atom is 0.248 e. The van der Waals surface area contributed by atoms with E-state index >= 15 is 0 Å². The molecule has 6 bridgehead atoms. The highest BCUT2D eigenvalue weighted by atomic mass is 16.5. The predicted molar refractivity (Wildman–Crippen MR) is 204 cm³/mol. The van der Waals surface area contributed by atoms with Crippen molar-refractivity contribution >= 4 is 35.3 Å². The van der Waals surface area contributed by atoms with Crippen LogP contribution in [0.3, 0.4) is 0 Å². The SMILES string of the molecule is COc1ccc(C[C@H]2C(=O)C[C@H](C)C(=O)N(C)[C@@H]3C(=O)N(C)[C@@H](Cc4ccc(O)c(c4)Oc4ccc(cc4)[C@H]3O)C(=O)N[C@@H](C)C(=O)N[C@H](C)C(=O)N2C)cc1. The number of hydrogen-bond donors (Lipinski definition) is 4. The van der Waals surface area contributed by atoms with E-state index in [1.165, 1.54) is 78.2 Å². The molecule has 3 aromatic rings. The summed E-state index contributed by atoms with van der Waals surface area (Å²) in [5.74, 6) is -4.10. The zero-order chi connectivity index (χ0) is 41.0. The molecule has 15 heteroatoms. The molecule has 1 fully saturated rings. The van der Waals surface area contributed by atoms with Gasteiger partial charge in [0.25, 0.3) is 0 Å². The number of fused-ring (bicyclic) bond motifs is 2. The second-order valence-corrected chi connectivity index (χ2v) is 14.5. The van der Waals surface area contributed by atoms with Crippen molar-refractivity contribution in [3.05, 3.63) is 83.4 Å². The Hall–Kier alpha value is -5.96. The average Bonchev–Trinajstić information content (AvgIpc) is 3.18. The molecule has 1 saturated heterocycles. The van der Waals surface area contributed by atoms with Gasteiger partial charge in [0, 0.05) is 39.9 Å². The molecule has 3 aliphatic heterocycles. The van der Waals surface area contributed by atoms with Gasteiger partial charge in [0.1, 0.15) is 41.8 Å². The summed E-state index contributed by atoms with van der Waals surface area (Å²) in [6.45, 7) is 4.41. The van der Waals surface area contributed by atoms with Crippen LogP contribution in [-0.4, -0.2) is 119 Å². The lowest BCUT2D eigenvalue weighted by molar-refractivity contribution is -0.154. The summed E-state index contributed by atoms with van der Waals surface area (Å²) >= 11 is 0. The predicted octanol–water partition coefficient (Wildman–Crippen LogP) is 2.12. The molecule has 3 heterocycles. The van der Waals surface area contributed by atoms with Crippen LogP contribution >= 0.6 is 0 Å². The van der Waals surface area contributed by atoms with Gasteiger partial charge in [0.2, 0.25) is 29.5 Å². The largest absolute Gasteiger partial charge is 0.504 e. The number of carbonyl (C=O) groups excluding carboxylic acids is 6. The number of nitrogens with zero attached hydrogens (tertiary/aromatic N) is 3. The van der Waals surface area contributed by atoms with Crippen LogP contribution in [0.2, 0.25) is 0 Å². The third kappa shape index (κ3) is 8.94. The Kier molecular flexibility index (Phi) is 12.7. The first-order valence-electron chi connectivity index (χ1n) is 18.3. The monoisotopic (exact) mass is 771 g/mol. The van der Waals surface area contributed by atoms with Crippen molar-refractivity contribution in [3.63, 3.8) is 0 Å². The highest BCUT2D eigenvalue weighted by Crippen LogP contribution is 2.34. The summed E-state index contributed by atoms with van der Waals surface area (Å²) in [4.78, 5) is 87.9. The van der Waals surface area contributed by atoms with Gasteiger partial charge in [0.05, 0.1) is 13.2 Å². The summed E-state index contributed by atoms with van der Waals surface area (Å²) in [7, 11) is 5.68. The molecule has 298 valence electrons. The summed E-state index contributed by atoms with van der Waals surface area (Å²) in [6, 6.07) is 11.3. The van der Waals surface area contributed by atoms with E-state index in [-0.39, 0.29) is 36.3 Å². The molecule has 4 N–H and O–H groups in total. The van der Waals surface area contributed by atoms with E-state index in [0.717, 1.165) is 9.80 Å². The van der Waals surface area contributed by atoms with Crippen molar-refractivity contribution in [1.29, 1.82) is 0 Å². The number of amides is 5. The van der Waals surface area contributed by atoms with Crippen LogP contribution in [-0.2, 0) is 41.6 Å². The molecule has 0 aromatic heterocycles. The first-order chi connectivity index (χ1) is 26.5. The fourth-order valence-electron chi connectivity index (χ4n) is 7.01. The molecule has 7 atom stereocenters. The van der Waals surface area contributed by atoms with Gasteiger partial charge >= 0.3 is 0 Å². The van der Waals surface area contributed by atoms with Crippen molar-refractivity contribution < 1.29 is 48.5 Å². The van der Waals surface area contributed by atoms with E-state index in [1.807, 2.05) is 0 Å². The number of likely N-dealkylation sites (N-methyl/N-ethyl adjacent to an activating group) is 3. The van der Waals surface area contributed by atoms with E-state index in [1.54, 1.807) is 42.5 Å². The minimum atomic E-state index is -1.61. The van der Waals surface area contributed by atoms with Crippen LogP contribution in [0.15, 0.2) is 66.7 Å². The number of rotatable bonds is 3. The first kappa shape index (κ1) is 41.2. The van der Waals surface area contributed by atoms with Crippen molar-refractivity contribution in [2.24, 2.45) is 5.92 Å². The maximum atomic E-state index is 14.7. The van der Waals surface area contributed by atoms with Crippen molar-refractivity contribution in [2.45, 2.75) is 76.3 Å². The van der Waals surface area contributed by atoms with Gasteiger partial charge in [-0.05, 0) is 73.4 Å². The highest BCUT2D eigenvalue weighted by Gasteiger charge is 2.42. The number of aliphatic hydroxyl groups excluding tert-OH is 1. The lowest BCUT2D eigenvalue weighted by Crippen LogP contribution is -2.60. The minimum absolute atomic E-state index is 0.0804. The zero-order valence-electron chi connectivity index (χ0n) is 32.5. The number of aromatic hydroxyl groups is 1. The molecule has 6 rings (SSSR count). The van der Waals surface area contributed by atoms with Crippen molar-refractivity contribution in [3.8, 4) is 23.0 Å². The number of methoxy groups -OCH3 is 1. The van der Waals surface area contributed by atoms with Crippen LogP contribution in [0.4, 0.5) is 0 Å². The Morgan fingerprint density at radius 1 is 0.750 bits per heavy atom. The summed E-state index contributed by atoms with van der Waals surface area (Å²) in [6.07, 6.45) is -1.98. The van der Waals surface area contributed by atoms with Crippen LogP contribution in [0.1, 0.15) is 50.0 Å². The molecule has 0 unspecified atom stereocenters. The van der Waals surface area contributed by atoms with E-state index in [0.29, 0.717) is 22.6 Å². The Morgan fingerprint density at radius 2 is 1.39 bits per heavy atom. The van der Waals surface area contributed by atoms with Crippen LogP contribution in [0, 0.1) is 5.92 Å². The van der Waals surface area contributed by atoms with E-state index < -0.39 is 77.6 Å². The molecule has 0 spiro atoms. The Bertz CT molecular complexity index is 1970. The number of carbonyl (C=O) groups is 6. The number of phenols is 1. The molecule has 5 amide bonds. The number of Topliss-reactive ketones (excluding diaryl/α,β-unsaturated/α-hetero) is 1. The molecule has 0 radical (unpaired) electrons. The van der Waals surface area contributed by atoms with Gasteiger partial charge in [-0.25, -0.2) is 0 Å². The average molecular weight is 772 g/mol. The number of benzene rings is 3. The third-order valence-corrected chi connectivity index (χ3v) is 10.5. The Labute approximate surface area is 325 Å². The molecule has 3 aliphatic rings. The van der Waals surface area contributed by atoms with Gasteiger partial charge < -0.3 is 45.0 Å². The second kappa shape index (κ2) is 17.2. The van der Waals surface area contributed by atoms with Crippen LogP contribution in [0.5, 0.6) is 23.0 Å². The molecular formula is C41H49N5O10. The fraction of sp³-hybridized carbons (Fsp3) is 0.415. The smallest absolute Gasteiger partial charge is 0.248 e. The molecule has 3 aromatic carbocycles. The van der Waals surface area contributed by atoms with Gasteiger partial charge in [-0.3, -0.25) is 28.8 Å². The zero-order valence-corrected chi connectivity index (χ0v) is 32.5. The normalized spacial score (nSPS) is 25.9. The first-order valence-corrected chi connectivity index (χ1v) is 18.3.